The molecule has 116 valence electrons. The molecule has 0 spiro atoms. The Balaban J connectivity index is 1.92. The van der Waals surface area contributed by atoms with Gasteiger partial charge in [0, 0.05) is 31.3 Å². The number of carbonyl (C=O) groups excluding carboxylic acids is 1. The first-order valence-corrected chi connectivity index (χ1v) is 7.16. The van der Waals surface area contributed by atoms with Gasteiger partial charge in [-0.2, -0.15) is 0 Å². The second-order valence-corrected chi connectivity index (χ2v) is 4.77. The van der Waals surface area contributed by atoms with Crippen molar-refractivity contribution in [3.8, 4) is 0 Å². The van der Waals surface area contributed by atoms with Gasteiger partial charge in [-0.1, -0.05) is 18.2 Å². The van der Waals surface area contributed by atoms with Gasteiger partial charge >= 0.3 is 0 Å². The summed E-state index contributed by atoms with van der Waals surface area (Å²) in [5.74, 6) is -1.34. The number of nitrogens with zero attached hydrogens (tertiary/aromatic N) is 1. The number of anilines is 2. The first-order chi connectivity index (χ1) is 10.6. The maximum atomic E-state index is 13.5. The summed E-state index contributed by atoms with van der Waals surface area (Å²) >= 11 is 0. The maximum absolute atomic E-state index is 13.5. The molecule has 0 atom stereocenters. The lowest BCUT2D eigenvalue weighted by Gasteiger charge is -2.21. The van der Waals surface area contributed by atoms with Crippen LogP contribution in [-0.2, 0) is 4.79 Å². The zero-order chi connectivity index (χ0) is 15.9. The molecule has 2 aromatic carbocycles. The highest BCUT2D eigenvalue weighted by Crippen LogP contribution is 2.16. The van der Waals surface area contributed by atoms with E-state index in [-0.39, 0.29) is 24.6 Å². The smallest absolute Gasteiger partial charge is 0.228 e. The zero-order valence-corrected chi connectivity index (χ0v) is 12.4. The number of carbonyl (C=O) groups is 1. The Labute approximate surface area is 128 Å². The first kappa shape index (κ1) is 15.9. The van der Waals surface area contributed by atoms with E-state index in [1.165, 1.54) is 12.1 Å². The van der Waals surface area contributed by atoms with E-state index in [4.69, 9.17) is 0 Å². The average molecular weight is 304 g/mol. The molecule has 0 heterocycles. The lowest BCUT2D eigenvalue weighted by Crippen LogP contribution is -2.31. The molecule has 2 rings (SSSR count). The molecule has 5 heteroatoms. The number of benzene rings is 2. The molecule has 0 saturated heterocycles. The number of hydrogen-bond acceptors (Lipinski definition) is 2. The van der Waals surface area contributed by atoms with Crippen LogP contribution >= 0.6 is 0 Å². The van der Waals surface area contributed by atoms with Crippen LogP contribution in [0.5, 0.6) is 0 Å². The van der Waals surface area contributed by atoms with Crippen molar-refractivity contribution in [1.82, 2.24) is 0 Å². The maximum Gasteiger partial charge on any atom is 0.228 e. The fourth-order valence-corrected chi connectivity index (χ4v) is 2.18. The molecule has 0 fully saturated rings. The fraction of sp³-hybridized carbons (Fsp3) is 0.235. The Morgan fingerprint density at radius 3 is 2.50 bits per heavy atom. The summed E-state index contributed by atoms with van der Waals surface area (Å²) in [6.45, 7) is 2.75. The third-order valence-electron chi connectivity index (χ3n) is 3.27. The average Bonchev–Trinajstić information content (AvgIpc) is 2.51. The molecule has 3 nitrogen and oxygen atoms in total. The Hall–Kier alpha value is -2.43. The molecule has 1 N–H and O–H groups in total. The molecule has 0 aliphatic rings. The van der Waals surface area contributed by atoms with E-state index in [0.29, 0.717) is 6.54 Å². The summed E-state index contributed by atoms with van der Waals surface area (Å²) in [6, 6.07) is 12.7. The van der Waals surface area contributed by atoms with E-state index in [0.717, 1.165) is 11.8 Å². The van der Waals surface area contributed by atoms with Crippen molar-refractivity contribution in [3.63, 3.8) is 0 Å². The van der Waals surface area contributed by atoms with Crippen LogP contribution in [0.1, 0.15) is 13.3 Å². The Kier molecular flexibility index (Phi) is 5.47. The number of nitrogens with one attached hydrogen (secondary N) is 1. The highest BCUT2D eigenvalue weighted by molar-refractivity contribution is 5.93. The quantitative estimate of drug-likeness (QED) is 0.880. The van der Waals surface area contributed by atoms with Crippen molar-refractivity contribution >= 4 is 17.3 Å². The van der Waals surface area contributed by atoms with Crippen molar-refractivity contribution in [2.75, 3.05) is 23.3 Å². The van der Waals surface area contributed by atoms with E-state index >= 15 is 0 Å². The van der Waals surface area contributed by atoms with Crippen LogP contribution in [0.3, 0.4) is 0 Å². The molecule has 0 saturated carbocycles. The summed E-state index contributed by atoms with van der Waals surface area (Å²) in [5, 5.41) is 2.81. The first-order valence-electron chi connectivity index (χ1n) is 7.16. The minimum atomic E-state index is -0.664. The highest BCUT2D eigenvalue weighted by atomic mass is 19.1. The highest BCUT2D eigenvalue weighted by Gasteiger charge is 2.13. The van der Waals surface area contributed by atoms with Crippen LogP contribution in [0.2, 0.25) is 0 Å². The van der Waals surface area contributed by atoms with Crippen LogP contribution in [0, 0.1) is 11.6 Å². The number of para-hydroxylation sites is 1. The lowest BCUT2D eigenvalue weighted by atomic mass is 10.2. The fourth-order valence-electron chi connectivity index (χ4n) is 2.18. The van der Waals surface area contributed by atoms with Crippen molar-refractivity contribution in [3.05, 3.63) is 60.2 Å². The van der Waals surface area contributed by atoms with Gasteiger partial charge < -0.3 is 10.2 Å². The molecule has 0 bridgehead atoms. The van der Waals surface area contributed by atoms with Gasteiger partial charge in [-0.25, -0.2) is 8.78 Å². The van der Waals surface area contributed by atoms with Gasteiger partial charge in [0.15, 0.2) is 0 Å². The van der Waals surface area contributed by atoms with Gasteiger partial charge in [0.05, 0.1) is 5.69 Å². The number of amides is 1. The lowest BCUT2D eigenvalue weighted by molar-refractivity contribution is -0.118. The molecular weight excluding hydrogens is 286 g/mol. The van der Waals surface area contributed by atoms with Gasteiger partial charge in [0.25, 0.3) is 0 Å². The summed E-state index contributed by atoms with van der Waals surface area (Å²) in [7, 11) is 0. The second kappa shape index (κ2) is 7.54. The van der Waals surface area contributed by atoms with E-state index in [1.54, 1.807) is 4.90 Å². The zero-order valence-electron chi connectivity index (χ0n) is 12.4. The van der Waals surface area contributed by atoms with Crippen LogP contribution in [0.25, 0.3) is 0 Å². The topological polar surface area (TPSA) is 32.3 Å². The van der Waals surface area contributed by atoms with Gasteiger partial charge in [-0.05, 0) is 31.2 Å². The molecule has 0 aliphatic heterocycles. The molecule has 2 aromatic rings. The van der Waals surface area contributed by atoms with Crippen LogP contribution in [0.4, 0.5) is 20.2 Å². The SMILES string of the molecule is CCN(C(=O)CCNc1ccc(F)cc1F)c1ccccc1. The normalized spacial score (nSPS) is 10.3. The van der Waals surface area contributed by atoms with Crippen molar-refractivity contribution in [1.29, 1.82) is 0 Å². The third-order valence-corrected chi connectivity index (χ3v) is 3.27. The van der Waals surface area contributed by atoms with Crippen LogP contribution < -0.4 is 10.2 Å². The third kappa shape index (κ3) is 4.04. The molecule has 0 radical (unpaired) electrons. The van der Waals surface area contributed by atoms with E-state index < -0.39 is 11.6 Å². The van der Waals surface area contributed by atoms with Crippen molar-refractivity contribution in [2.45, 2.75) is 13.3 Å². The number of hydrogen-bond donors (Lipinski definition) is 1. The standard InChI is InChI=1S/C17H18F2N2O/c1-2-21(14-6-4-3-5-7-14)17(22)10-11-20-16-9-8-13(18)12-15(16)19/h3-9,12,20H,2,10-11H2,1H3. The van der Waals surface area contributed by atoms with Crippen molar-refractivity contribution < 1.29 is 13.6 Å². The number of rotatable bonds is 6. The monoisotopic (exact) mass is 304 g/mol. The minimum absolute atomic E-state index is 0.0521. The van der Waals surface area contributed by atoms with Crippen molar-refractivity contribution in [2.24, 2.45) is 0 Å². The predicted molar refractivity (Wildman–Crippen MR) is 83.9 cm³/mol. The minimum Gasteiger partial charge on any atom is -0.382 e. The molecule has 1 amide bonds. The molecule has 0 aliphatic carbocycles. The predicted octanol–water partition coefficient (Wildman–Crippen LogP) is 3.82. The summed E-state index contributed by atoms with van der Waals surface area (Å²) in [6.07, 6.45) is 0.222. The Bertz CT molecular complexity index is 632. The number of halogens is 2. The largest absolute Gasteiger partial charge is 0.382 e. The van der Waals surface area contributed by atoms with Crippen LogP contribution in [-0.4, -0.2) is 19.0 Å². The molecule has 0 aromatic heterocycles. The Morgan fingerprint density at radius 2 is 1.86 bits per heavy atom. The van der Waals surface area contributed by atoms with Gasteiger partial charge in [-0.3, -0.25) is 4.79 Å². The molecular formula is C17H18F2N2O. The summed E-state index contributed by atoms with van der Waals surface area (Å²) in [4.78, 5) is 13.9. The molecule has 22 heavy (non-hydrogen) atoms. The summed E-state index contributed by atoms with van der Waals surface area (Å²) in [5.41, 5.74) is 1.03. The molecule has 0 unspecified atom stereocenters. The van der Waals surface area contributed by atoms with E-state index in [9.17, 15) is 13.6 Å². The second-order valence-electron chi connectivity index (χ2n) is 4.77. The van der Waals surface area contributed by atoms with Gasteiger partial charge in [0.1, 0.15) is 11.6 Å². The van der Waals surface area contributed by atoms with Gasteiger partial charge in [0.2, 0.25) is 5.91 Å². The Morgan fingerprint density at radius 1 is 1.14 bits per heavy atom. The summed E-state index contributed by atoms with van der Waals surface area (Å²) < 4.78 is 26.3. The van der Waals surface area contributed by atoms with Crippen LogP contribution in [0.15, 0.2) is 48.5 Å². The van der Waals surface area contributed by atoms with E-state index in [1.807, 2.05) is 37.3 Å². The van der Waals surface area contributed by atoms with E-state index in [2.05, 4.69) is 5.32 Å². The van der Waals surface area contributed by atoms with Gasteiger partial charge in [-0.15, -0.1) is 0 Å².